The predicted octanol–water partition coefficient (Wildman–Crippen LogP) is 5.69. The number of carbonyl (C=O) groups excluding carboxylic acids is 4. The van der Waals surface area contributed by atoms with Crippen molar-refractivity contribution in [1.29, 1.82) is 0 Å². The number of nitrogens with one attached hydrogen (secondary N) is 3. The number of alkyl carbamates (subject to hydrolysis) is 3. The zero-order valence-corrected chi connectivity index (χ0v) is 28.9. The van der Waals surface area contributed by atoms with Gasteiger partial charge in [0.25, 0.3) is 0 Å². The number of nitrogens with zero attached hydrogens (tertiary/aromatic N) is 1. The highest BCUT2D eigenvalue weighted by Crippen LogP contribution is 2.31. The topological polar surface area (TPSA) is 170 Å². The SMILES string of the molecule is CCC1CCCC(CNC(=O)OCC(CC)(COC(=O)NCC2CCCC(CN)C2)COC(=O)NCC2CCCC(CN=C=O)C2)C1. The first-order chi connectivity index (χ1) is 22.8. The molecule has 47 heavy (non-hydrogen) atoms. The Balaban J connectivity index is 1.51. The largest absolute Gasteiger partial charge is 0.449 e. The van der Waals surface area contributed by atoms with E-state index >= 15 is 0 Å². The van der Waals surface area contributed by atoms with E-state index < -0.39 is 23.7 Å². The van der Waals surface area contributed by atoms with Gasteiger partial charge in [0.15, 0.2) is 0 Å². The fraction of sp³-hybridized carbons (Fsp3) is 0.886. The van der Waals surface area contributed by atoms with Crippen LogP contribution in [0.15, 0.2) is 4.99 Å². The van der Waals surface area contributed by atoms with E-state index in [0.717, 1.165) is 70.6 Å². The summed E-state index contributed by atoms with van der Waals surface area (Å²) in [6.45, 7) is 6.58. The fourth-order valence-corrected chi connectivity index (χ4v) is 7.60. The van der Waals surface area contributed by atoms with Crippen molar-refractivity contribution < 1.29 is 33.4 Å². The van der Waals surface area contributed by atoms with E-state index in [0.29, 0.717) is 68.7 Å². The number of rotatable bonds is 17. The lowest BCUT2D eigenvalue weighted by atomic mass is 9.80. The number of hydrogen-bond acceptors (Lipinski definition) is 9. The molecule has 3 amide bonds. The third-order valence-corrected chi connectivity index (χ3v) is 10.9. The first-order valence-electron chi connectivity index (χ1n) is 18.2. The van der Waals surface area contributed by atoms with Crippen LogP contribution in [0.25, 0.3) is 0 Å². The van der Waals surface area contributed by atoms with E-state index in [1.807, 2.05) is 6.92 Å². The first-order valence-corrected chi connectivity index (χ1v) is 18.2. The van der Waals surface area contributed by atoms with Crippen molar-refractivity contribution in [2.75, 3.05) is 52.5 Å². The summed E-state index contributed by atoms with van der Waals surface area (Å²) in [5.41, 5.74) is 4.96. The van der Waals surface area contributed by atoms with Gasteiger partial charge >= 0.3 is 18.3 Å². The molecule has 3 aliphatic carbocycles. The minimum atomic E-state index is -0.914. The highest BCUT2D eigenvalue weighted by Gasteiger charge is 2.35. The van der Waals surface area contributed by atoms with Gasteiger partial charge in [0.05, 0.1) is 12.0 Å². The van der Waals surface area contributed by atoms with Crippen molar-refractivity contribution in [3.63, 3.8) is 0 Å². The normalized spacial score (nSPS) is 27.3. The average molecular weight is 664 g/mol. The number of ether oxygens (including phenoxy) is 3. The molecule has 0 aromatic rings. The zero-order chi connectivity index (χ0) is 33.9. The lowest BCUT2D eigenvalue weighted by Crippen LogP contribution is -2.43. The standard InChI is InChI=1S/C35H61N5O7/c1-3-26-8-5-11-29(14-26)19-38-32(42)45-22-35(4-2,23-46-33(43)39-20-30-12-6-9-27(15-30)17-36)24-47-34(44)40-21-31-13-7-10-28(16-31)18-37-25-41/h26-31H,3-24,36H2,1-2H3,(H,38,42)(H,39,43)(H,40,44). The van der Waals surface area contributed by atoms with Crippen LogP contribution in [0.5, 0.6) is 0 Å². The van der Waals surface area contributed by atoms with Gasteiger partial charge in [-0.2, -0.15) is 0 Å². The smallest absolute Gasteiger partial charge is 0.407 e. The van der Waals surface area contributed by atoms with Crippen molar-refractivity contribution in [2.24, 2.45) is 51.6 Å². The molecule has 12 heteroatoms. The van der Waals surface area contributed by atoms with Gasteiger partial charge in [0.2, 0.25) is 6.08 Å². The summed E-state index contributed by atoms with van der Waals surface area (Å²) >= 11 is 0. The van der Waals surface area contributed by atoms with Crippen molar-refractivity contribution in [3.05, 3.63) is 0 Å². The summed E-state index contributed by atoms with van der Waals surface area (Å²) in [6.07, 6.45) is 14.4. The molecule has 0 aliphatic heterocycles. The Kier molecular flexibility index (Phi) is 17.4. The van der Waals surface area contributed by atoms with Crippen LogP contribution in [0.2, 0.25) is 0 Å². The molecule has 3 rings (SSSR count). The number of aliphatic imine (C=N–C) groups is 1. The van der Waals surface area contributed by atoms with Gasteiger partial charge in [-0.15, -0.1) is 0 Å². The van der Waals surface area contributed by atoms with Crippen LogP contribution in [-0.2, 0) is 19.0 Å². The van der Waals surface area contributed by atoms with Crippen LogP contribution in [-0.4, -0.2) is 76.9 Å². The van der Waals surface area contributed by atoms with Gasteiger partial charge in [-0.05, 0) is 99.8 Å². The molecule has 7 atom stereocenters. The molecule has 0 aromatic carbocycles. The molecule has 12 nitrogen and oxygen atoms in total. The second kappa shape index (κ2) is 21.2. The number of isocyanates is 1. The molecule has 3 saturated carbocycles. The van der Waals surface area contributed by atoms with Gasteiger partial charge in [-0.1, -0.05) is 46.0 Å². The van der Waals surface area contributed by atoms with Crippen LogP contribution in [0.3, 0.4) is 0 Å². The van der Waals surface area contributed by atoms with Gasteiger partial charge in [0, 0.05) is 19.6 Å². The second-order valence-corrected chi connectivity index (χ2v) is 14.5. The maximum atomic E-state index is 12.8. The zero-order valence-electron chi connectivity index (χ0n) is 28.9. The summed E-state index contributed by atoms with van der Waals surface area (Å²) in [5, 5.41) is 8.68. The van der Waals surface area contributed by atoms with Gasteiger partial charge in [-0.3, -0.25) is 0 Å². The minimum Gasteiger partial charge on any atom is -0.449 e. The lowest BCUT2D eigenvalue weighted by molar-refractivity contribution is -0.0181. The molecule has 0 spiro atoms. The van der Waals surface area contributed by atoms with Gasteiger partial charge in [-0.25, -0.2) is 24.2 Å². The van der Waals surface area contributed by atoms with E-state index in [9.17, 15) is 19.2 Å². The summed E-state index contributed by atoms with van der Waals surface area (Å²) in [5.74, 6) is 2.61. The van der Waals surface area contributed by atoms with E-state index in [2.05, 4.69) is 27.9 Å². The summed E-state index contributed by atoms with van der Waals surface area (Å²) in [6, 6.07) is 0. The predicted molar refractivity (Wildman–Crippen MR) is 179 cm³/mol. The van der Waals surface area contributed by atoms with Crippen molar-refractivity contribution in [3.8, 4) is 0 Å². The Morgan fingerprint density at radius 3 is 1.51 bits per heavy atom. The van der Waals surface area contributed by atoms with E-state index in [1.165, 1.54) is 12.8 Å². The summed E-state index contributed by atoms with van der Waals surface area (Å²) in [7, 11) is 0. The highest BCUT2D eigenvalue weighted by atomic mass is 16.6. The molecular weight excluding hydrogens is 602 g/mol. The van der Waals surface area contributed by atoms with Crippen LogP contribution in [0, 0.1) is 40.9 Å². The van der Waals surface area contributed by atoms with Crippen LogP contribution >= 0.6 is 0 Å². The Bertz CT molecular complexity index is 963. The Morgan fingerprint density at radius 1 is 0.681 bits per heavy atom. The van der Waals surface area contributed by atoms with E-state index in [4.69, 9.17) is 19.9 Å². The van der Waals surface area contributed by atoms with E-state index in [1.54, 1.807) is 6.08 Å². The Morgan fingerprint density at radius 2 is 1.09 bits per heavy atom. The number of nitrogens with two attached hydrogens (primary N) is 1. The average Bonchev–Trinajstić information content (AvgIpc) is 3.11. The Hall–Kier alpha value is -2.85. The van der Waals surface area contributed by atoms with Gasteiger partial charge in [0.1, 0.15) is 19.8 Å². The Labute approximate surface area is 281 Å². The molecule has 7 unspecified atom stereocenters. The van der Waals surface area contributed by atoms with Crippen LogP contribution in [0.1, 0.15) is 104 Å². The first kappa shape index (κ1) is 38.6. The van der Waals surface area contributed by atoms with Crippen LogP contribution < -0.4 is 21.7 Å². The van der Waals surface area contributed by atoms with E-state index in [-0.39, 0.29) is 25.7 Å². The molecule has 0 heterocycles. The molecule has 5 N–H and O–H groups in total. The summed E-state index contributed by atoms with van der Waals surface area (Å²) in [4.78, 5) is 52.5. The molecule has 0 saturated heterocycles. The number of amides is 3. The number of carbonyl (C=O) groups is 3. The highest BCUT2D eigenvalue weighted by molar-refractivity contribution is 5.68. The third-order valence-electron chi connectivity index (χ3n) is 10.9. The summed E-state index contributed by atoms with van der Waals surface area (Å²) < 4.78 is 17.0. The maximum absolute atomic E-state index is 12.8. The monoisotopic (exact) mass is 663 g/mol. The number of hydrogen-bond donors (Lipinski definition) is 4. The molecular formula is C35H61N5O7. The molecule has 3 fully saturated rings. The van der Waals surface area contributed by atoms with Gasteiger partial charge < -0.3 is 35.9 Å². The molecule has 0 aromatic heterocycles. The molecule has 0 bridgehead atoms. The van der Waals surface area contributed by atoms with Crippen molar-refractivity contribution in [2.45, 2.75) is 104 Å². The van der Waals surface area contributed by atoms with Crippen LogP contribution in [0.4, 0.5) is 14.4 Å². The fourth-order valence-electron chi connectivity index (χ4n) is 7.60. The molecule has 3 aliphatic rings. The molecule has 0 radical (unpaired) electrons. The second-order valence-electron chi connectivity index (χ2n) is 14.5. The lowest BCUT2D eigenvalue weighted by Gasteiger charge is -2.32. The quantitative estimate of drug-likeness (QED) is 0.0874. The third kappa shape index (κ3) is 14.4. The maximum Gasteiger partial charge on any atom is 0.407 e. The van der Waals surface area contributed by atoms with Crippen molar-refractivity contribution in [1.82, 2.24) is 16.0 Å². The van der Waals surface area contributed by atoms with Crippen molar-refractivity contribution >= 4 is 24.4 Å². The minimum absolute atomic E-state index is 0.0689. The molecule has 268 valence electrons.